The van der Waals surface area contributed by atoms with Crippen LogP contribution in [0.25, 0.3) is 0 Å². The van der Waals surface area contributed by atoms with Crippen LogP contribution in [0.15, 0.2) is 115 Å². The fourth-order valence-corrected chi connectivity index (χ4v) is 4.64. The number of hydrogen-bond donors (Lipinski definition) is 2. The van der Waals surface area contributed by atoms with Crippen molar-refractivity contribution >= 4 is 11.8 Å². The number of carbonyl (C=O) groups excluding carboxylic acids is 2. The summed E-state index contributed by atoms with van der Waals surface area (Å²) in [6.45, 7) is 2.01. The lowest BCUT2D eigenvalue weighted by Gasteiger charge is -2.36. The molecule has 0 aliphatic heterocycles. The topological polar surface area (TPSA) is 72.2 Å². The minimum Gasteiger partial charge on any atom is -0.368 e. The Balaban J connectivity index is 1.72. The predicted molar refractivity (Wildman–Crippen MR) is 140 cm³/mol. The first kappa shape index (κ1) is 24.0. The summed E-state index contributed by atoms with van der Waals surface area (Å²) < 4.78 is 0. The van der Waals surface area contributed by atoms with Crippen LogP contribution in [0.2, 0.25) is 0 Å². The van der Waals surface area contributed by atoms with Crippen molar-refractivity contribution in [1.29, 1.82) is 0 Å². The van der Waals surface area contributed by atoms with Crippen molar-refractivity contribution in [2.24, 2.45) is 5.73 Å². The van der Waals surface area contributed by atoms with E-state index in [4.69, 9.17) is 5.73 Å². The first-order chi connectivity index (χ1) is 17.0. The van der Waals surface area contributed by atoms with E-state index in [2.05, 4.69) is 5.32 Å². The van der Waals surface area contributed by atoms with Crippen LogP contribution < -0.4 is 11.1 Å². The molecule has 0 aromatic heterocycles. The second-order valence-electron chi connectivity index (χ2n) is 8.89. The highest BCUT2D eigenvalue weighted by molar-refractivity contribution is 5.88. The van der Waals surface area contributed by atoms with Crippen LogP contribution in [-0.2, 0) is 21.4 Å². The van der Waals surface area contributed by atoms with Crippen LogP contribution in [0.1, 0.15) is 34.2 Å². The van der Waals surface area contributed by atoms with Gasteiger partial charge in [-0.1, -0.05) is 121 Å². The lowest BCUT2D eigenvalue weighted by atomic mass is 9.67. The summed E-state index contributed by atoms with van der Waals surface area (Å²) in [5.74, 6) is -0.791. The predicted octanol–water partition coefficient (Wildman–Crippen LogP) is 4.93. The van der Waals surface area contributed by atoms with Gasteiger partial charge in [-0.15, -0.1) is 0 Å². The molecule has 3 N–H and O–H groups in total. The normalized spacial score (nSPS) is 12.0. The van der Waals surface area contributed by atoms with E-state index in [9.17, 15) is 9.59 Å². The number of benzene rings is 4. The van der Waals surface area contributed by atoms with Gasteiger partial charge in [-0.05, 0) is 29.2 Å². The van der Waals surface area contributed by atoms with Crippen molar-refractivity contribution in [3.63, 3.8) is 0 Å². The third-order valence-corrected chi connectivity index (χ3v) is 6.46. The zero-order valence-corrected chi connectivity index (χ0v) is 19.9. The number of amides is 2. The Hall–Kier alpha value is -4.18. The van der Waals surface area contributed by atoms with Gasteiger partial charge in [0, 0.05) is 12.8 Å². The zero-order valence-electron chi connectivity index (χ0n) is 19.9. The molecule has 0 fully saturated rings. The number of aryl methyl sites for hydroxylation is 1. The Morgan fingerprint density at radius 1 is 0.714 bits per heavy atom. The minimum absolute atomic E-state index is 0.128. The maximum atomic E-state index is 13.6. The third-order valence-electron chi connectivity index (χ3n) is 6.46. The van der Waals surface area contributed by atoms with Crippen molar-refractivity contribution in [2.75, 3.05) is 0 Å². The zero-order chi connectivity index (χ0) is 24.7. The molecule has 0 bridgehead atoms. The van der Waals surface area contributed by atoms with E-state index in [0.717, 1.165) is 27.8 Å². The second-order valence-corrected chi connectivity index (χ2v) is 8.89. The van der Waals surface area contributed by atoms with Crippen LogP contribution >= 0.6 is 0 Å². The van der Waals surface area contributed by atoms with Crippen molar-refractivity contribution in [3.05, 3.63) is 143 Å². The molecule has 2 amide bonds. The molecule has 0 unspecified atom stereocenters. The molecule has 1 atom stereocenters. The van der Waals surface area contributed by atoms with Gasteiger partial charge in [-0.3, -0.25) is 9.59 Å². The number of rotatable bonds is 9. The largest absolute Gasteiger partial charge is 0.368 e. The van der Waals surface area contributed by atoms with Gasteiger partial charge in [-0.2, -0.15) is 0 Å². The van der Waals surface area contributed by atoms with E-state index in [1.54, 1.807) is 0 Å². The minimum atomic E-state index is -0.801. The van der Waals surface area contributed by atoms with E-state index in [-0.39, 0.29) is 12.3 Å². The van der Waals surface area contributed by atoms with Crippen LogP contribution in [0.5, 0.6) is 0 Å². The number of nitrogens with one attached hydrogen (secondary N) is 1. The summed E-state index contributed by atoms with van der Waals surface area (Å²) in [5.41, 5.74) is 10.1. The van der Waals surface area contributed by atoms with Crippen molar-refractivity contribution in [1.82, 2.24) is 5.32 Å². The first-order valence-corrected chi connectivity index (χ1v) is 11.8. The molecule has 4 aromatic rings. The first-order valence-electron chi connectivity index (χ1n) is 11.8. The molecule has 4 nitrogen and oxygen atoms in total. The summed E-state index contributed by atoms with van der Waals surface area (Å²) in [6, 6.07) is 37.2. The molecule has 0 aliphatic carbocycles. The third kappa shape index (κ3) is 5.49. The molecular formula is C31H30N2O2. The van der Waals surface area contributed by atoms with Gasteiger partial charge in [0.05, 0.1) is 5.41 Å². The maximum absolute atomic E-state index is 13.6. The summed E-state index contributed by atoms with van der Waals surface area (Å²) >= 11 is 0. The Morgan fingerprint density at radius 3 is 1.54 bits per heavy atom. The molecule has 176 valence electrons. The maximum Gasteiger partial charge on any atom is 0.240 e. The van der Waals surface area contributed by atoms with E-state index < -0.39 is 17.4 Å². The molecular weight excluding hydrogens is 432 g/mol. The Morgan fingerprint density at radius 2 is 1.14 bits per heavy atom. The molecule has 0 heterocycles. The molecule has 4 aromatic carbocycles. The molecule has 0 radical (unpaired) electrons. The summed E-state index contributed by atoms with van der Waals surface area (Å²) in [4.78, 5) is 25.9. The summed E-state index contributed by atoms with van der Waals surface area (Å²) in [5, 5.41) is 2.93. The smallest absolute Gasteiger partial charge is 0.240 e. The quantitative estimate of drug-likeness (QED) is 0.346. The molecule has 0 saturated heterocycles. The molecule has 4 rings (SSSR count). The fraction of sp³-hybridized carbons (Fsp3) is 0.161. The van der Waals surface area contributed by atoms with Gasteiger partial charge in [0.1, 0.15) is 6.04 Å². The lowest BCUT2D eigenvalue weighted by Crippen LogP contribution is -2.48. The SMILES string of the molecule is Cc1ccc(C[C@H](NC(=O)CC(c2ccccc2)(c2ccccc2)c2ccccc2)C(N)=O)cc1. The average molecular weight is 463 g/mol. The van der Waals surface area contributed by atoms with Gasteiger partial charge in [0.2, 0.25) is 11.8 Å². The van der Waals surface area contributed by atoms with Crippen LogP contribution in [0.4, 0.5) is 0 Å². The van der Waals surface area contributed by atoms with Crippen LogP contribution in [0.3, 0.4) is 0 Å². The standard InChI is InChI=1S/C31H30N2O2/c1-23-17-19-24(20-18-23)21-28(30(32)35)33-29(34)22-31(25-11-5-2-6-12-25,26-13-7-3-8-14-26)27-15-9-4-10-16-27/h2-20,28H,21-22H2,1H3,(H2,32,35)(H,33,34)/t28-/m0/s1. The van der Waals surface area contributed by atoms with Gasteiger partial charge in [0.15, 0.2) is 0 Å². The van der Waals surface area contributed by atoms with Crippen molar-refractivity contribution < 1.29 is 9.59 Å². The fourth-order valence-electron chi connectivity index (χ4n) is 4.64. The number of primary amides is 1. The molecule has 0 saturated carbocycles. The Bertz CT molecular complexity index is 1160. The monoisotopic (exact) mass is 462 g/mol. The Labute approximate surface area is 206 Å². The van der Waals surface area contributed by atoms with Crippen LogP contribution in [0, 0.1) is 6.92 Å². The van der Waals surface area contributed by atoms with E-state index >= 15 is 0 Å². The highest BCUT2D eigenvalue weighted by Crippen LogP contribution is 2.42. The molecule has 4 heteroatoms. The van der Waals surface area contributed by atoms with Gasteiger partial charge in [0.25, 0.3) is 0 Å². The van der Waals surface area contributed by atoms with Gasteiger partial charge in [-0.25, -0.2) is 0 Å². The van der Waals surface area contributed by atoms with E-state index in [0.29, 0.717) is 6.42 Å². The lowest BCUT2D eigenvalue weighted by molar-refractivity contribution is -0.127. The van der Waals surface area contributed by atoms with Crippen LogP contribution in [-0.4, -0.2) is 17.9 Å². The average Bonchev–Trinajstić information content (AvgIpc) is 2.89. The number of hydrogen-bond acceptors (Lipinski definition) is 2. The highest BCUT2D eigenvalue weighted by atomic mass is 16.2. The molecule has 0 spiro atoms. The number of carbonyl (C=O) groups is 2. The van der Waals surface area contributed by atoms with Gasteiger partial charge >= 0.3 is 0 Å². The number of nitrogens with two attached hydrogens (primary N) is 1. The van der Waals surface area contributed by atoms with Gasteiger partial charge < -0.3 is 11.1 Å². The second kappa shape index (κ2) is 10.8. The highest BCUT2D eigenvalue weighted by Gasteiger charge is 2.39. The van der Waals surface area contributed by atoms with E-state index in [1.165, 1.54) is 0 Å². The van der Waals surface area contributed by atoms with Crippen molar-refractivity contribution in [3.8, 4) is 0 Å². The van der Waals surface area contributed by atoms with E-state index in [1.807, 2.05) is 122 Å². The Kier molecular flexibility index (Phi) is 7.41. The molecule has 0 aliphatic rings. The summed E-state index contributed by atoms with van der Waals surface area (Å²) in [7, 11) is 0. The summed E-state index contributed by atoms with van der Waals surface area (Å²) in [6.07, 6.45) is 0.471. The molecule has 35 heavy (non-hydrogen) atoms. The van der Waals surface area contributed by atoms with Crippen molar-refractivity contribution in [2.45, 2.75) is 31.2 Å².